The van der Waals surface area contributed by atoms with E-state index in [9.17, 15) is 6.63 Å². The zero-order chi connectivity index (χ0) is 2.71. The molecule has 0 saturated heterocycles. The van der Waals surface area contributed by atoms with Gasteiger partial charge in [-0.1, -0.05) is 0 Å². The van der Waals surface area contributed by atoms with E-state index in [0.29, 0.717) is 0 Å². The minimum Gasteiger partial charge on any atom is -1.00 e. The average Bonchev–Trinajstić information content (AvgIpc) is 0.918. The van der Waals surface area contributed by atoms with Crippen molar-refractivity contribution in [2.45, 2.75) is 0 Å². The van der Waals surface area contributed by atoms with Gasteiger partial charge >= 0.3 is 47.8 Å². The van der Waals surface area contributed by atoms with Crippen LogP contribution in [-0.4, -0.2) is 45.0 Å². The van der Waals surface area contributed by atoms with E-state index >= 15 is 0 Å². The van der Waals surface area contributed by atoms with Crippen LogP contribution in [0.1, 0.15) is 2.85 Å². The first-order chi connectivity index (χ1) is 1.41. The van der Waals surface area contributed by atoms with E-state index in [0.717, 1.165) is 0 Å². The van der Waals surface area contributed by atoms with Gasteiger partial charge in [0.25, 0.3) is 0 Å². The third-order valence-corrected chi connectivity index (χ3v) is 0. The summed E-state index contributed by atoms with van der Waals surface area (Å²) in [6.07, 6.45) is 0. The van der Waals surface area contributed by atoms with Gasteiger partial charge in [-0.25, -0.2) is 0 Å². The Morgan fingerprint density at radius 3 is 0.875 bits per heavy atom. The summed E-state index contributed by atoms with van der Waals surface area (Å²) in [6.45, 7) is 0. The van der Waals surface area contributed by atoms with Crippen molar-refractivity contribution >= 4 is 23.1 Å². The molecule has 8 heteroatoms. The van der Waals surface area contributed by atoms with Crippen LogP contribution < -0.4 is 0 Å². The van der Waals surface area contributed by atoms with E-state index in [1.54, 1.807) is 0 Å². The fraction of sp³-hybridized carbons (Fsp3) is 0. The summed E-state index contributed by atoms with van der Waals surface area (Å²) in [5, 5.41) is 0. The van der Waals surface area contributed by atoms with Crippen molar-refractivity contribution in [2.24, 2.45) is 0 Å². The number of rotatable bonds is 0. The summed E-state index contributed by atoms with van der Waals surface area (Å²) >= 11 is -2.88. The van der Waals surface area contributed by atoms with E-state index in [1.165, 1.54) is 0 Å². The van der Waals surface area contributed by atoms with E-state index < -0.39 is 18.1 Å². The molecule has 0 atom stereocenters. The van der Waals surface area contributed by atoms with Crippen molar-refractivity contribution in [2.75, 3.05) is 0 Å². The van der Waals surface area contributed by atoms with Gasteiger partial charge in [-0.05, 0) is 0 Å². The molecule has 8 heavy (non-hydrogen) atoms. The van der Waals surface area contributed by atoms with Gasteiger partial charge in [0.15, 0.2) is 0 Å². The van der Waals surface area contributed by atoms with E-state index in [2.05, 4.69) is 0 Å². The average molecular weight is 202 g/mol. The van der Waals surface area contributed by atoms with Crippen LogP contribution in [0.3, 0.4) is 0 Å². The molecular formula is H10F2MgO4Zn. The second-order valence-corrected chi connectivity index (χ2v) is 0.525. The second-order valence-electron chi connectivity index (χ2n) is 0.101. The van der Waals surface area contributed by atoms with Gasteiger partial charge in [0.05, 0.1) is 0 Å². The zero-order valence-corrected chi connectivity index (χ0v) is 8.55. The number of hydrogen-bond acceptors (Lipinski definition) is 0. The SMILES string of the molecule is O.O.O.O.[F][Zn][F].[H-].[H-].[Mg+2]. The third-order valence-electron chi connectivity index (χ3n) is 0. The van der Waals surface area contributed by atoms with Gasteiger partial charge in [-0.2, -0.15) is 0 Å². The maximum absolute atomic E-state index is 9.81. The Hall–Kier alpha value is 1.09. The summed E-state index contributed by atoms with van der Waals surface area (Å²) < 4.78 is 19.6. The molecule has 0 fully saturated rings. The predicted molar refractivity (Wildman–Crippen MR) is 24.6 cm³/mol. The molecule has 0 heterocycles. The van der Waals surface area contributed by atoms with Crippen molar-refractivity contribution in [3.8, 4) is 0 Å². The molecule has 4 nitrogen and oxygen atoms in total. The normalized spacial score (nSPS) is 1.25. The predicted octanol–water partition coefficient (Wildman–Crippen LogP) is -2.62. The molecule has 0 aromatic rings. The molecule has 0 unspecified atom stereocenters. The second kappa shape index (κ2) is 93.1. The maximum Gasteiger partial charge on any atom is 2.00 e. The number of halogens is 2. The molecule has 0 bridgehead atoms. The minimum atomic E-state index is -2.88. The summed E-state index contributed by atoms with van der Waals surface area (Å²) in [6, 6.07) is 0. The van der Waals surface area contributed by atoms with Gasteiger partial charge in [0, 0.05) is 0 Å². The molecule has 52 valence electrons. The van der Waals surface area contributed by atoms with Crippen LogP contribution in [0, 0.1) is 0 Å². The third kappa shape index (κ3) is 221. The fourth-order valence-corrected chi connectivity index (χ4v) is 0. The van der Waals surface area contributed by atoms with Crippen LogP contribution in [0.5, 0.6) is 0 Å². The molecule has 0 rings (SSSR count). The Morgan fingerprint density at radius 1 is 0.875 bits per heavy atom. The van der Waals surface area contributed by atoms with Gasteiger partial charge in [0.1, 0.15) is 0 Å². The van der Waals surface area contributed by atoms with Crippen molar-refractivity contribution in [3.05, 3.63) is 0 Å². The largest absolute Gasteiger partial charge is 2.00 e. The molecule has 0 aliphatic rings. The van der Waals surface area contributed by atoms with Crippen molar-refractivity contribution in [1.29, 1.82) is 0 Å². The quantitative estimate of drug-likeness (QED) is 0.381. The van der Waals surface area contributed by atoms with Crippen LogP contribution in [0.2, 0.25) is 0 Å². The van der Waals surface area contributed by atoms with Crippen LogP contribution in [0.25, 0.3) is 0 Å². The first-order valence-electron chi connectivity index (χ1n) is 0.535. The Kier molecular flexibility index (Phi) is 725. The van der Waals surface area contributed by atoms with Crippen LogP contribution in [0.4, 0.5) is 6.63 Å². The first-order valence-corrected chi connectivity index (χ1v) is 2.78. The number of hydrogen-bond donors (Lipinski definition) is 0. The van der Waals surface area contributed by atoms with Crippen molar-refractivity contribution in [3.63, 3.8) is 0 Å². The van der Waals surface area contributed by atoms with Crippen molar-refractivity contribution in [1.82, 2.24) is 0 Å². The monoisotopic (exact) mass is 200 g/mol. The molecule has 0 aliphatic carbocycles. The van der Waals surface area contributed by atoms with E-state index in [4.69, 9.17) is 0 Å². The van der Waals surface area contributed by atoms with Gasteiger partial charge in [-0.3, -0.25) is 0 Å². The molecule has 0 amide bonds. The van der Waals surface area contributed by atoms with Crippen LogP contribution >= 0.6 is 0 Å². The molecular weight excluding hydrogens is 192 g/mol. The van der Waals surface area contributed by atoms with E-state index in [1.807, 2.05) is 0 Å². The first kappa shape index (κ1) is 62.3. The van der Waals surface area contributed by atoms with Crippen LogP contribution in [0.15, 0.2) is 0 Å². The topological polar surface area (TPSA) is 126 Å². The summed E-state index contributed by atoms with van der Waals surface area (Å²) in [5.74, 6) is 0. The Morgan fingerprint density at radius 2 is 0.875 bits per heavy atom. The minimum absolute atomic E-state index is 0. The summed E-state index contributed by atoms with van der Waals surface area (Å²) in [5.41, 5.74) is 0. The van der Waals surface area contributed by atoms with Crippen molar-refractivity contribution < 1.29 is 49.5 Å². The zero-order valence-electron chi connectivity index (χ0n) is 6.17. The van der Waals surface area contributed by atoms with E-state index in [-0.39, 0.29) is 47.8 Å². The molecule has 0 aromatic carbocycles. The Balaban J connectivity index is -0.000000000952. The summed E-state index contributed by atoms with van der Waals surface area (Å²) in [4.78, 5) is 0. The molecule has 0 aliphatic heterocycles. The molecule has 0 radical (unpaired) electrons. The summed E-state index contributed by atoms with van der Waals surface area (Å²) in [7, 11) is 0. The fourth-order valence-electron chi connectivity index (χ4n) is 0. The molecule has 0 aromatic heterocycles. The molecule has 0 spiro atoms. The molecule has 8 N–H and O–H groups in total. The molecule has 0 saturated carbocycles. The van der Waals surface area contributed by atoms with Gasteiger partial charge < -0.3 is 24.8 Å². The Bertz CT molecular complexity index is 21.2. The Labute approximate surface area is 72.7 Å². The van der Waals surface area contributed by atoms with Crippen LogP contribution in [-0.2, 0) is 18.1 Å². The van der Waals surface area contributed by atoms with Gasteiger partial charge in [-0.15, -0.1) is 0 Å². The van der Waals surface area contributed by atoms with Gasteiger partial charge in [0.2, 0.25) is 0 Å². The maximum atomic E-state index is 9.81. The smallest absolute Gasteiger partial charge is 1.00 e. The standard InChI is InChI=1S/2FH.Mg.4H2O.Zn.2H/h2*1H;;4*1H2;;;/q;;+2;;;;;+2;2*-1/p-2.